The Bertz CT molecular complexity index is 519. The van der Waals surface area contributed by atoms with Gasteiger partial charge in [0, 0.05) is 12.5 Å². The van der Waals surface area contributed by atoms with E-state index in [2.05, 4.69) is 9.47 Å². The van der Waals surface area contributed by atoms with Crippen LogP contribution in [0, 0.1) is 23.3 Å². The van der Waals surface area contributed by atoms with Crippen LogP contribution in [0.2, 0.25) is 0 Å². The Kier molecular flexibility index (Phi) is 6.13. The molecule has 0 aliphatic rings. The third kappa shape index (κ3) is 4.73. The normalized spacial score (nSPS) is 10.3. The zero-order valence-corrected chi connectivity index (χ0v) is 11.1. The molecule has 21 heavy (non-hydrogen) atoms. The zero-order valence-electron chi connectivity index (χ0n) is 11.1. The second-order valence-electron chi connectivity index (χ2n) is 3.93. The summed E-state index contributed by atoms with van der Waals surface area (Å²) in [5, 5.41) is 0. The molecule has 0 saturated heterocycles. The van der Waals surface area contributed by atoms with Gasteiger partial charge < -0.3 is 9.47 Å². The van der Waals surface area contributed by atoms with Crippen molar-refractivity contribution < 1.29 is 36.6 Å². The molecule has 116 valence electrons. The van der Waals surface area contributed by atoms with Crippen molar-refractivity contribution in [2.75, 3.05) is 13.2 Å². The van der Waals surface area contributed by atoms with Crippen molar-refractivity contribution in [1.29, 1.82) is 0 Å². The van der Waals surface area contributed by atoms with Gasteiger partial charge in [0.05, 0.1) is 13.0 Å². The Morgan fingerprint density at radius 1 is 1.05 bits per heavy atom. The van der Waals surface area contributed by atoms with Crippen molar-refractivity contribution in [2.45, 2.75) is 19.8 Å². The van der Waals surface area contributed by atoms with Crippen molar-refractivity contribution in [3.05, 3.63) is 29.3 Å². The molecule has 1 aromatic rings. The topological polar surface area (TPSA) is 52.6 Å². The quantitative estimate of drug-likeness (QED) is 0.441. The Balaban J connectivity index is 2.60. The lowest BCUT2D eigenvalue weighted by Gasteiger charge is -2.08. The smallest absolute Gasteiger partial charge is 0.306 e. The summed E-state index contributed by atoms with van der Waals surface area (Å²) in [7, 11) is 0. The monoisotopic (exact) mass is 308 g/mol. The number of ketones is 1. The number of carbonyl (C=O) groups is 2. The molecule has 0 spiro atoms. The van der Waals surface area contributed by atoms with Crippen molar-refractivity contribution in [1.82, 2.24) is 0 Å². The van der Waals surface area contributed by atoms with E-state index in [1.807, 2.05) is 0 Å². The average molecular weight is 308 g/mol. The van der Waals surface area contributed by atoms with Gasteiger partial charge in [-0.2, -0.15) is 8.78 Å². The fourth-order valence-electron chi connectivity index (χ4n) is 1.38. The molecule has 0 fully saturated rings. The average Bonchev–Trinajstić information content (AvgIpc) is 2.43. The van der Waals surface area contributed by atoms with Crippen LogP contribution in [-0.2, 0) is 14.3 Å². The lowest BCUT2D eigenvalue weighted by Crippen LogP contribution is -2.15. The van der Waals surface area contributed by atoms with Gasteiger partial charge in [0.1, 0.15) is 6.61 Å². The first-order chi connectivity index (χ1) is 9.86. The van der Waals surface area contributed by atoms with Crippen LogP contribution in [-0.4, -0.2) is 25.0 Å². The number of halogens is 4. The van der Waals surface area contributed by atoms with Crippen molar-refractivity contribution in [2.24, 2.45) is 0 Å². The molecule has 0 aliphatic heterocycles. The van der Waals surface area contributed by atoms with Gasteiger partial charge in [0.2, 0.25) is 11.6 Å². The molecule has 4 nitrogen and oxygen atoms in total. The molecule has 0 heterocycles. The fraction of sp³-hybridized carbons (Fsp3) is 0.385. The summed E-state index contributed by atoms with van der Waals surface area (Å²) in [4.78, 5) is 22.3. The molecule has 8 heteroatoms. The van der Waals surface area contributed by atoms with Crippen LogP contribution < -0.4 is 4.74 Å². The Morgan fingerprint density at radius 2 is 1.62 bits per heavy atom. The SMILES string of the molecule is CCOC(=O)CCC(=O)COc1c(F)c(F)cc(F)c1F. The van der Waals surface area contributed by atoms with Gasteiger partial charge in [0.25, 0.3) is 0 Å². The van der Waals surface area contributed by atoms with Gasteiger partial charge in [-0.1, -0.05) is 0 Å². The molecular formula is C13H12F4O4. The highest BCUT2D eigenvalue weighted by Gasteiger charge is 2.21. The van der Waals surface area contributed by atoms with Gasteiger partial charge in [-0.15, -0.1) is 0 Å². The molecule has 0 radical (unpaired) electrons. The van der Waals surface area contributed by atoms with E-state index < -0.39 is 47.4 Å². The minimum Gasteiger partial charge on any atom is -0.480 e. The van der Waals surface area contributed by atoms with Crippen LogP contribution in [0.15, 0.2) is 6.07 Å². The Hall–Kier alpha value is -2.12. The van der Waals surface area contributed by atoms with E-state index in [1.54, 1.807) is 6.92 Å². The first-order valence-corrected chi connectivity index (χ1v) is 5.99. The molecule has 0 N–H and O–H groups in total. The highest BCUT2D eigenvalue weighted by Crippen LogP contribution is 2.26. The number of benzene rings is 1. The third-order valence-electron chi connectivity index (χ3n) is 2.36. The molecule has 0 saturated carbocycles. The zero-order chi connectivity index (χ0) is 16.0. The highest BCUT2D eigenvalue weighted by molar-refractivity contribution is 5.84. The lowest BCUT2D eigenvalue weighted by molar-refractivity contribution is -0.144. The number of hydrogen-bond donors (Lipinski definition) is 0. The summed E-state index contributed by atoms with van der Waals surface area (Å²) in [5.41, 5.74) is 0. The minimum absolute atomic E-state index is 0.0279. The van der Waals surface area contributed by atoms with Crippen molar-refractivity contribution >= 4 is 11.8 Å². The standard InChI is InChI=1S/C13H12F4O4/c1-2-20-10(19)4-3-7(18)6-21-13-11(16)8(14)5-9(15)12(13)17/h5H,2-4,6H2,1H3. The van der Waals surface area contributed by atoms with E-state index in [1.165, 1.54) is 0 Å². The first-order valence-electron chi connectivity index (χ1n) is 5.99. The largest absolute Gasteiger partial charge is 0.480 e. The van der Waals surface area contributed by atoms with E-state index in [-0.39, 0.29) is 25.5 Å². The number of carbonyl (C=O) groups excluding carboxylic acids is 2. The molecule has 0 amide bonds. The predicted octanol–water partition coefficient (Wildman–Crippen LogP) is 2.53. The summed E-state index contributed by atoms with van der Waals surface area (Å²) < 4.78 is 61.2. The van der Waals surface area contributed by atoms with Crippen LogP contribution >= 0.6 is 0 Å². The number of hydrogen-bond acceptors (Lipinski definition) is 4. The number of ether oxygens (including phenoxy) is 2. The van der Waals surface area contributed by atoms with E-state index in [4.69, 9.17) is 0 Å². The lowest BCUT2D eigenvalue weighted by atomic mass is 10.2. The number of esters is 1. The van der Waals surface area contributed by atoms with Crippen LogP contribution in [0.25, 0.3) is 0 Å². The Morgan fingerprint density at radius 3 is 2.14 bits per heavy atom. The molecule has 0 unspecified atom stereocenters. The molecule has 1 aromatic carbocycles. The third-order valence-corrected chi connectivity index (χ3v) is 2.36. The van der Waals surface area contributed by atoms with E-state index in [0.717, 1.165) is 0 Å². The summed E-state index contributed by atoms with van der Waals surface area (Å²) in [6, 6.07) is 0.0279. The molecule has 0 aromatic heterocycles. The van der Waals surface area contributed by atoms with Crippen LogP contribution in [0.1, 0.15) is 19.8 Å². The maximum absolute atomic E-state index is 13.2. The summed E-state index contributed by atoms with van der Waals surface area (Å²) in [5.74, 6) is -9.33. The summed E-state index contributed by atoms with van der Waals surface area (Å²) in [6.45, 7) is 0.922. The van der Waals surface area contributed by atoms with Gasteiger partial charge in [-0.25, -0.2) is 8.78 Å². The molecular weight excluding hydrogens is 296 g/mol. The maximum Gasteiger partial charge on any atom is 0.306 e. The van der Waals surface area contributed by atoms with Gasteiger partial charge in [0.15, 0.2) is 23.2 Å². The summed E-state index contributed by atoms with van der Waals surface area (Å²) >= 11 is 0. The van der Waals surface area contributed by atoms with Crippen LogP contribution in [0.4, 0.5) is 17.6 Å². The number of rotatable bonds is 7. The Labute approximate surface area is 117 Å². The highest BCUT2D eigenvalue weighted by atomic mass is 19.2. The van der Waals surface area contributed by atoms with Gasteiger partial charge in [-0.3, -0.25) is 9.59 Å². The van der Waals surface area contributed by atoms with Gasteiger partial charge >= 0.3 is 5.97 Å². The second-order valence-corrected chi connectivity index (χ2v) is 3.93. The number of Topliss-reactive ketones (excluding diaryl/α,β-unsaturated/α-hetero) is 1. The molecule has 0 bridgehead atoms. The van der Waals surface area contributed by atoms with E-state index >= 15 is 0 Å². The maximum atomic E-state index is 13.2. The predicted molar refractivity (Wildman–Crippen MR) is 62.6 cm³/mol. The molecule has 0 aliphatic carbocycles. The molecule has 0 atom stereocenters. The van der Waals surface area contributed by atoms with Crippen LogP contribution in [0.5, 0.6) is 5.75 Å². The fourth-order valence-corrected chi connectivity index (χ4v) is 1.38. The first kappa shape index (κ1) is 16.9. The van der Waals surface area contributed by atoms with E-state index in [0.29, 0.717) is 0 Å². The minimum atomic E-state index is -1.73. The van der Waals surface area contributed by atoms with Crippen LogP contribution in [0.3, 0.4) is 0 Å². The molecule has 1 rings (SSSR count). The van der Waals surface area contributed by atoms with Gasteiger partial charge in [-0.05, 0) is 6.92 Å². The summed E-state index contributed by atoms with van der Waals surface area (Å²) in [6.07, 6.45) is -0.502. The van der Waals surface area contributed by atoms with Crippen molar-refractivity contribution in [3.8, 4) is 5.75 Å². The van der Waals surface area contributed by atoms with E-state index in [9.17, 15) is 27.2 Å². The van der Waals surface area contributed by atoms with Crippen molar-refractivity contribution in [3.63, 3.8) is 0 Å². The second kappa shape index (κ2) is 7.61.